The molecule has 1 fully saturated rings. The lowest BCUT2D eigenvalue weighted by molar-refractivity contribution is -0.132. The van der Waals surface area contributed by atoms with Gasteiger partial charge >= 0.3 is 0 Å². The molecule has 1 amide bonds. The summed E-state index contributed by atoms with van der Waals surface area (Å²) in [6.45, 7) is 1.13. The zero-order chi connectivity index (χ0) is 8.97. The second-order valence-electron chi connectivity index (χ2n) is 3.20. The molecule has 1 aliphatic heterocycles. The minimum Gasteiger partial charge on any atom is -0.327 e. The van der Waals surface area contributed by atoms with Gasteiger partial charge in [-0.25, -0.2) is 0 Å². The molecule has 0 radical (unpaired) electrons. The van der Waals surface area contributed by atoms with Gasteiger partial charge in [0.15, 0.2) is 0 Å². The molecule has 0 saturated carbocycles. The zero-order valence-corrected chi connectivity index (χ0v) is 7.33. The van der Waals surface area contributed by atoms with Gasteiger partial charge in [0.25, 0.3) is 0 Å². The van der Waals surface area contributed by atoms with Crippen LogP contribution < -0.4 is 11.5 Å². The Morgan fingerprint density at radius 2 is 2.17 bits per heavy atom. The van der Waals surface area contributed by atoms with E-state index in [0.29, 0.717) is 13.0 Å². The van der Waals surface area contributed by atoms with Gasteiger partial charge in [-0.15, -0.1) is 0 Å². The molecule has 4 heteroatoms. The van der Waals surface area contributed by atoms with E-state index in [1.165, 1.54) is 0 Å². The number of hydrogen-bond donors (Lipinski definition) is 2. The lowest BCUT2D eigenvalue weighted by Crippen LogP contribution is -2.49. The Kier molecular flexibility index (Phi) is 3.49. The third-order valence-corrected chi connectivity index (χ3v) is 2.25. The minimum absolute atomic E-state index is 0.158. The quantitative estimate of drug-likeness (QED) is 0.595. The maximum atomic E-state index is 11.4. The summed E-state index contributed by atoms with van der Waals surface area (Å²) in [7, 11) is 0. The predicted molar refractivity (Wildman–Crippen MR) is 47.2 cm³/mol. The summed E-state index contributed by atoms with van der Waals surface area (Å²) < 4.78 is 0. The Morgan fingerprint density at radius 3 is 2.83 bits per heavy atom. The monoisotopic (exact) mass is 171 g/mol. The highest BCUT2D eigenvalue weighted by Crippen LogP contribution is 2.11. The van der Waals surface area contributed by atoms with Gasteiger partial charge in [-0.3, -0.25) is 4.79 Å². The summed E-state index contributed by atoms with van der Waals surface area (Å²) in [6.07, 6.45) is 3.52. The average molecular weight is 171 g/mol. The van der Waals surface area contributed by atoms with Gasteiger partial charge in [-0.2, -0.15) is 0 Å². The maximum Gasteiger partial charge on any atom is 0.223 e. The van der Waals surface area contributed by atoms with Crippen LogP contribution in [0.2, 0.25) is 0 Å². The summed E-state index contributed by atoms with van der Waals surface area (Å²) in [5.41, 5.74) is 11.1. The predicted octanol–water partition coefficient (Wildman–Crippen LogP) is -0.368. The van der Waals surface area contributed by atoms with Crippen molar-refractivity contribution >= 4 is 5.91 Å². The van der Waals surface area contributed by atoms with Crippen LogP contribution in [0.1, 0.15) is 25.7 Å². The summed E-state index contributed by atoms with van der Waals surface area (Å²) in [5, 5.41) is 0. The molecule has 0 bridgehead atoms. The topological polar surface area (TPSA) is 72.3 Å². The first-order valence-electron chi connectivity index (χ1n) is 4.51. The van der Waals surface area contributed by atoms with Gasteiger partial charge in [0, 0.05) is 19.5 Å². The normalized spacial score (nSPS) is 22.2. The number of likely N-dealkylation sites (tertiary alicyclic amines) is 1. The van der Waals surface area contributed by atoms with Crippen LogP contribution in [0.3, 0.4) is 0 Å². The smallest absolute Gasteiger partial charge is 0.223 e. The summed E-state index contributed by atoms with van der Waals surface area (Å²) in [4.78, 5) is 13.1. The molecule has 70 valence electrons. The lowest BCUT2D eigenvalue weighted by atomic mass is 10.2. The molecule has 12 heavy (non-hydrogen) atoms. The van der Waals surface area contributed by atoms with Crippen LogP contribution in [0.4, 0.5) is 0 Å². The Morgan fingerprint density at radius 1 is 1.42 bits per heavy atom. The van der Waals surface area contributed by atoms with E-state index >= 15 is 0 Å². The molecule has 1 saturated heterocycles. The lowest BCUT2D eigenvalue weighted by Gasteiger charge is -2.26. The van der Waals surface area contributed by atoms with E-state index in [0.717, 1.165) is 25.8 Å². The fraction of sp³-hybridized carbons (Fsp3) is 0.875. The van der Waals surface area contributed by atoms with Crippen LogP contribution in [-0.2, 0) is 4.79 Å². The van der Waals surface area contributed by atoms with E-state index in [1.807, 2.05) is 0 Å². The van der Waals surface area contributed by atoms with Crippen molar-refractivity contribution in [2.45, 2.75) is 31.8 Å². The highest BCUT2D eigenvalue weighted by Gasteiger charge is 2.20. The van der Waals surface area contributed by atoms with Crippen LogP contribution in [0, 0.1) is 0 Å². The van der Waals surface area contributed by atoms with Crippen molar-refractivity contribution in [2.24, 2.45) is 11.5 Å². The second-order valence-corrected chi connectivity index (χ2v) is 3.20. The molecule has 1 heterocycles. The van der Waals surface area contributed by atoms with Crippen molar-refractivity contribution < 1.29 is 4.79 Å². The van der Waals surface area contributed by atoms with E-state index in [9.17, 15) is 4.79 Å². The van der Waals surface area contributed by atoms with E-state index in [4.69, 9.17) is 11.5 Å². The third kappa shape index (κ3) is 2.19. The first-order valence-corrected chi connectivity index (χ1v) is 4.51. The fourth-order valence-corrected chi connectivity index (χ4v) is 1.48. The Labute approximate surface area is 72.9 Å². The zero-order valence-electron chi connectivity index (χ0n) is 7.33. The van der Waals surface area contributed by atoms with Crippen molar-refractivity contribution in [3.05, 3.63) is 0 Å². The van der Waals surface area contributed by atoms with Crippen LogP contribution in [-0.4, -0.2) is 30.1 Å². The second kappa shape index (κ2) is 4.42. The van der Waals surface area contributed by atoms with Crippen LogP contribution >= 0.6 is 0 Å². The third-order valence-electron chi connectivity index (χ3n) is 2.25. The van der Waals surface area contributed by atoms with Crippen LogP contribution in [0.15, 0.2) is 0 Å². The average Bonchev–Trinajstić information content (AvgIpc) is 2.28. The summed E-state index contributed by atoms with van der Waals surface area (Å²) in [6, 6.07) is 0. The molecule has 1 rings (SSSR count). The molecule has 0 aliphatic carbocycles. The Hall–Kier alpha value is -0.610. The molecule has 1 aliphatic rings. The molecule has 4 nitrogen and oxygen atoms in total. The highest BCUT2D eigenvalue weighted by atomic mass is 16.2. The first-order chi connectivity index (χ1) is 5.75. The number of nitrogens with zero attached hydrogens (tertiary/aromatic N) is 1. The Bertz CT molecular complexity index is 160. The molecule has 4 N–H and O–H groups in total. The molecule has 0 spiro atoms. The molecule has 0 aromatic heterocycles. The van der Waals surface area contributed by atoms with E-state index in [-0.39, 0.29) is 12.1 Å². The van der Waals surface area contributed by atoms with Crippen molar-refractivity contribution in [1.82, 2.24) is 4.90 Å². The van der Waals surface area contributed by atoms with Gasteiger partial charge in [-0.1, -0.05) is 6.42 Å². The Balaban J connectivity index is 2.52. The molecule has 0 aromatic carbocycles. The number of carbonyl (C=O) groups excluding carboxylic acids is 1. The number of rotatable bonds is 2. The van der Waals surface area contributed by atoms with Crippen LogP contribution in [0.25, 0.3) is 0 Å². The van der Waals surface area contributed by atoms with Gasteiger partial charge in [0.05, 0.1) is 6.17 Å². The van der Waals surface area contributed by atoms with Gasteiger partial charge in [0.1, 0.15) is 0 Å². The molecule has 1 atom stereocenters. The fourth-order valence-electron chi connectivity index (χ4n) is 1.48. The van der Waals surface area contributed by atoms with E-state index in [2.05, 4.69) is 0 Å². The number of hydrogen-bond acceptors (Lipinski definition) is 3. The summed E-state index contributed by atoms with van der Waals surface area (Å²) in [5.74, 6) is 0.158. The largest absolute Gasteiger partial charge is 0.327 e. The van der Waals surface area contributed by atoms with Gasteiger partial charge in [0.2, 0.25) is 5.91 Å². The van der Waals surface area contributed by atoms with Crippen molar-refractivity contribution in [3.63, 3.8) is 0 Å². The number of carbonyl (C=O) groups is 1. The van der Waals surface area contributed by atoms with Crippen molar-refractivity contribution in [1.29, 1.82) is 0 Å². The first kappa shape index (κ1) is 9.48. The number of amides is 1. The van der Waals surface area contributed by atoms with Gasteiger partial charge in [-0.05, 0) is 12.8 Å². The summed E-state index contributed by atoms with van der Waals surface area (Å²) >= 11 is 0. The van der Waals surface area contributed by atoms with Crippen molar-refractivity contribution in [3.8, 4) is 0 Å². The SMILES string of the molecule is NCC(N)N1CCCCCC1=O. The minimum atomic E-state index is -0.282. The number of nitrogens with two attached hydrogens (primary N) is 2. The maximum absolute atomic E-state index is 11.4. The molecular formula is C8H17N3O. The highest BCUT2D eigenvalue weighted by molar-refractivity contribution is 5.76. The van der Waals surface area contributed by atoms with E-state index < -0.39 is 0 Å². The van der Waals surface area contributed by atoms with Gasteiger partial charge < -0.3 is 16.4 Å². The van der Waals surface area contributed by atoms with Crippen molar-refractivity contribution in [2.75, 3.05) is 13.1 Å². The van der Waals surface area contributed by atoms with Crippen LogP contribution in [0.5, 0.6) is 0 Å². The van der Waals surface area contributed by atoms with E-state index in [1.54, 1.807) is 4.90 Å². The molecule has 1 unspecified atom stereocenters. The molecular weight excluding hydrogens is 154 g/mol. The standard InChI is InChI=1S/C8H17N3O/c9-6-7(10)11-5-3-1-2-4-8(11)12/h7H,1-6,9-10H2. The molecule has 0 aromatic rings.